The minimum absolute atomic E-state index is 0.153. The van der Waals surface area contributed by atoms with Crippen molar-refractivity contribution in [2.45, 2.75) is 50.8 Å². The Morgan fingerprint density at radius 3 is 2.57 bits per heavy atom. The standard InChI is InChI=1S/C19H18F4N2O2S/c1-18(2,27)17-25-9-12(28-17)8-24-16(26)7-14-13(10-3-4-10)5-11(20)6-15(14)19(21,22)23/h5-6,8-10,27H,3-4,7H2,1-2H3/b24-8-. The first kappa shape index (κ1) is 20.6. The lowest BCUT2D eigenvalue weighted by atomic mass is 9.94. The maximum atomic E-state index is 13.7. The Bertz CT molecular complexity index is 925. The first-order valence-electron chi connectivity index (χ1n) is 8.60. The molecular weight excluding hydrogens is 396 g/mol. The highest BCUT2D eigenvalue weighted by molar-refractivity contribution is 7.13. The van der Waals surface area contributed by atoms with Gasteiger partial charge in [-0.25, -0.2) is 14.4 Å². The van der Waals surface area contributed by atoms with Crippen molar-refractivity contribution < 1.29 is 27.5 Å². The summed E-state index contributed by atoms with van der Waals surface area (Å²) >= 11 is 1.12. The van der Waals surface area contributed by atoms with E-state index in [9.17, 15) is 27.5 Å². The summed E-state index contributed by atoms with van der Waals surface area (Å²) < 4.78 is 53.8. The number of carbonyl (C=O) groups is 1. The van der Waals surface area contributed by atoms with E-state index in [4.69, 9.17) is 0 Å². The lowest BCUT2D eigenvalue weighted by molar-refractivity contribution is -0.138. The van der Waals surface area contributed by atoms with Gasteiger partial charge in [-0.05, 0) is 55.9 Å². The Balaban J connectivity index is 1.85. The van der Waals surface area contributed by atoms with Crippen LogP contribution in [-0.4, -0.2) is 22.2 Å². The van der Waals surface area contributed by atoms with E-state index < -0.39 is 35.5 Å². The Hall–Kier alpha value is -2.13. The number of carbonyl (C=O) groups excluding carboxylic acids is 1. The topological polar surface area (TPSA) is 62.6 Å². The van der Waals surface area contributed by atoms with Crippen molar-refractivity contribution in [1.29, 1.82) is 0 Å². The summed E-state index contributed by atoms with van der Waals surface area (Å²) in [5, 5.41) is 10.3. The molecule has 1 heterocycles. The third-order valence-electron chi connectivity index (χ3n) is 4.28. The van der Waals surface area contributed by atoms with Gasteiger partial charge in [0, 0.05) is 12.4 Å². The minimum atomic E-state index is -4.76. The summed E-state index contributed by atoms with van der Waals surface area (Å²) in [5.41, 5.74) is -2.24. The van der Waals surface area contributed by atoms with Crippen molar-refractivity contribution in [3.8, 4) is 0 Å². The van der Waals surface area contributed by atoms with Gasteiger partial charge >= 0.3 is 6.18 Å². The van der Waals surface area contributed by atoms with Crippen LogP contribution in [0, 0.1) is 5.82 Å². The molecule has 0 unspecified atom stereocenters. The summed E-state index contributed by atoms with van der Waals surface area (Å²) in [7, 11) is 0. The molecule has 3 rings (SSSR count). The van der Waals surface area contributed by atoms with Gasteiger partial charge < -0.3 is 5.11 Å². The number of hydrogen-bond donors (Lipinski definition) is 1. The number of benzene rings is 1. The third kappa shape index (κ3) is 4.82. The van der Waals surface area contributed by atoms with Gasteiger partial charge in [-0.3, -0.25) is 4.79 Å². The Kier molecular flexibility index (Phi) is 5.42. The largest absolute Gasteiger partial charge is 0.416 e. The number of alkyl halides is 3. The predicted molar refractivity (Wildman–Crippen MR) is 97.0 cm³/mol. The van der Waals surface area contributed by atoms with Crippen LogP contribution in [0.25, 0.3) is 0 Å². The lowest BCUT2D eigenvalue weighted by Gasteiger charge is -2.16. The Morgan fingerprint density at radius 1 is 1.36 bits per heavy atom. The van der Waals surface area contributed by atoms with Crippen LogP contribution in [0.3, 0.4) is 0 Å². The first-order valence-corrected chi connectivity index (χ1v) is 9.42. The maximum absolute atomic E-state index is 13.7. The van der Waals surface area contributed by atoms with Crippen LogP contribution in [0.15, 0.2) is 23.3 Å². The molecule has 0 spiro atoms. The molecule has 1 aromatic heterocycles. The van der Waals surface area contributed by atoms with E-state index >= 15 is 0 Å². The molecule has 0 radical (unpaired) electrons. The average Bonchev–Trinajstić information content (AvgIpc) is 3.29. The van der Waals surface area contributed by atoms with Gasteiger partial charge in [-0.1, -0.05) is 0 Å². The van der Waals surface area contributed by atoms with Crippen LogP contribution in [0.1, 0.15) is 59.2 Å². The van der Waals surface area contributed by atoms with E-state index in [0.717, 1.165) is 17.4 Å². The lowest BCUT2D eigenvalue weighted by Crippen LogP contribution is -2.15. The van der Waals surface area contributed by atoms with Crippen LogP contribution in [-0.2, 0) is 23.0 Å². The molecule has 1 fully saturated rings. The molecule has 0 bridgehead atoms. The summed E-state index contributed by atoms with van der Waals surface area (Å²) in [4.78, 5) is 20.5. The number of amides is 1. The number of hydrogen-bond acceptors (Lipinski definition) is 4. The number of thiazole rings is 1. The van der Waals surface area contributed by atoms with Crippen LogP contribution in [0.5, 0.6) is 0 Å². The van der Waals surface area contributed by atoms with Crippen molar-refractivity contribution in [3.63, 3.8) is 0 Å². The van der Waals surface area contributed by atoms with Crippen molar-refractivity contribution in [3.05, 3.63) is 50.7 Å². The Labute approximate surface area is 163 Å². The fourth-order valence-corrected chi connectivity index (χ4v) is 3.62. The number of nitrogens with zero attached hydrogens (tertiary/aromatic N) is 2. The van der Waals surface area contributed by atoms with E-state index in [1.54, 1.807) is 13.8 Å². The highest BCUT2D eigenvalue weighted by atomic mass is 32.1. The van der Waals surface area contributed by atoms with E-state index in [2.05, 4.69) is 9.98 Å². The van der Waals surface area contributed by atoms with Crippen LogP contribution >= 0.6 is 11.3 Å². The summed E-state index contributed by atoms with van der Waals surface area (Å²) in [6.07, 6.45) is -1.34. The smallest absolute Gasteiger partial charge is 0.383 e. The second-order valence-corrected chi connectivity index (χ2v) is 8.31. The van der Waals surface area contributed by atoms with Gasteiger partial charge in [0.2, 0.25) is 5.91 Å². The van der Waals surface area contributed by atoms with Crippen molar-refractivity contribution in [1.82, 2.24) is 4.98 Å². The van der Waals surface area contributed by atoms with Gasteiger partial charge in [0.05, 0.1) is 16.9 Å². The average molecular weight is 414 g/mol. The van der Waals surface area contributed by atoms with Crippen molar-refractivity contribution in [2.24, 2.45) is 4.99 Å². The molecule has 1 aliphatic carbocycles. The predicted octanol–water partition coefficient (Wildman–Crippen LogP) is 4.59. The molecule has 1 aliphatic rings. The zero-order valence-corrected chi connectivity index (χ0v) is 16.0. The summed E-state index contributed by atoms with van der Waals surface area (Å²) in [6, 6.07) is 1.51. The van der Waals surface area contributed by atoms with E-state index in [1.165, 1.54) is 12.4 Å². The number of aliphatic imine (C=N–C) groups is 1. The molecule has 1 saturated carbocycles. The first-order chi connectivity index (χ1) is 12.9. The zero-order chi connectivity index (χ0) is 20.7. The summed E-state index contributed by atoms with van der Waals surface area (Å²) in [6.45, 7) is 3.12. The van der Waals surface area contributed by atoms with E-state index in [0.29, 0.717) is 28.8 Å². The molecule has 0 saturated heterocycles. The second-order valence-electron chi connectivity index (χ2n) is 7.25. The monoisotopic (exact) mass is 414 g/mol. The number of aromatic nitrogens is 1. The summed E-state index contributed by atoms with van der Waals surface area (Å²) in [5.74, 6) is -1.88. The van der Waals surface area contributed by atoms with Crippen LogP contribution in [0.2, 0.25) is 0 Å². The molecule has 0 atom stereocenters. The van der Waals surface area contributed by atoms with E-state index in [1.807, 2.05) is 0 Å². The zero-order valence-electron chi connectivity index (χ0n) is 15.2. The third-order valence-corrected chi connectivity index (χ3v) is 5.53. The molecule has 28 heavy (non-hydrogen) atoms. The van der Waals surface area contributed by atoms with Crippen molar-refractivity contribution in [2.75, 3.05) is 0 Å². The minimum Gasteiger partial charge on any atom is -0.383 e. The highest BCUT2D eigenvalue weighted by Gasteiger charge is 2.38. The molecule has 9 heteroatoms. The molecule has 150 valence electrons. The van der Waals surface area contributed by atoms with Gasteiger partial charge in [0.1, 0.15) is 16.4 Å². The SMILES string of the molecule is CC(C)(O)c1ncc(/C=N\C(=O)Cc2c(C3CC3)cc(F)cc2C(F)(F)F)s1. The van der Waals surface area contributed by atoms with Gasteiger partial charge in [-0.2, -0.15) is 13.2 Å². The van der Waals surface area contributed by atoms with Crippen LogP contribution < -0.4 is 0 Å². The molecular formula is C19H18F4N2O2S. The van der Waals surface area contributed by atoms with Crippen LogP contribution in [0.4, 0.5) is 17.6 Å². The van der Waals surface area contributed by atoms with E-state index in [-0.39, 0.29) is 17.0 Å². The molecule has 1 N–H and O–H groups in total. The van der Waals surface area contributed by atoms with Gasteiger partial charge in [0.25, 0.3) is 0 Å². The van der Waals surface area contributed by atoms with Gasteiger partial charge in [0.15, 0.2) is 0 Å². The quantitative estimate of drug-likeness (QED) is 0.575. The normalized spacial score (nSPS) is 15.4. The number of halogens is 4. The second kappa shape index (κ2) is 7.36. The number of rotatable bonds is 5. The molecule has 4 nitrogen and oxygen atoms in total. The molecule has 0 aliphatic heterocycles. The number of aliphatic hydroxyl groups is 1. The molecule has 1 aromatic carbocycles. The maximum Gasteiger partial charge on any atom is 0.416 e. The highest BCUT2D eigenvalue weighted by Crippen LogP contribution is 2.45. The Morgan fingerprint density at radius 2 is 2.04 bits per heavy atom. The fourth-order valence-electron chi connectivity index (χ4n) is 2.83. The van der Waals surface area contributed by atoms with Crippen molar-refractivity contribution >= 4 is 23.5 Å². The fraction of sp³-hybridized carbons (Fsp3) is 0.421. The molecule has 1 amide bonds. The molecule has 2 aromatic rings. The van der Waals surface area contributed by atoms with Gasteiger partial charge in [-0.15, -0.1) is 11.3 Å².